The Kier molecular flexibility index (Phi) is 5.41. The second kappa shape index (κ2) is 8.48. The van der Waals surface area contributed by atoms with Gasteiger partial charge in [0.15, 0.2) is 0 Å². The Bertz CT molecular complexity index is 1000. The number of fused-ring (bicyclic) bond motifs is 1. The van der Waals surface area contributed by atoms with E-state index in [0.29, 0.717) is 12.1 Å². The summed E-state index contributed by atoms with van der Waals surface area (Å²) >= 11 is 0. The van der Waals surface area contributed by atoms with Crippen molar-refractivity contribution in [3.8, 4) is 0 Å². The fourth-order valence-electron chi connectivity index (χ4n) is 4.26. The van der Waals surface area contributed by atoms with Crippen LogP contribution < -0.4 is 10.2 Å². The second-order valence-corrected chi connectivity index (χ2v) is 8.46. The quantitative estimate of drug-likeness (QED) is 0.659. The van der Waals surface area contributed by atoms with Crippen LogP contribution in [0.15, 0.2) is 54.9 Å². The van der Waals surface area contributed by atoms with Crippen molar-refractivity contribution in [3.63, 3.8) is 0 Å². The molecule has 3 aromatic rings. The average Bonchev–Trinajstić information content (AvgIpc) is 3.50. The minimum Gasteiger partial charge on any atom is -0.355 e. The van der Waals surface area contributed by atoms with E-state index in [4.69, 9.17) is 0 Å². The monoisotopic (exact) mass is 403 g/mol. The van der Waals surface area contributed by atoms with E-state index in [2.05, 4.69) is 36.6 Å². The van der Waals surface area contributed by atoms with Crippen LogP contribution in [0, 0.1) is 5.92 Å². The lowest BCUT2D eigenvalue weighted by Gasteiger charge is -2.35. The molecule has 5 rings (SSSR count). The van der Waals surface area contributed by atoms with E-state index >= 15 is 0 Å². The molecule has 1 amide bonds. The van der Waals surface area contributed by atoms with Crippen LogP contribution in [-0.2, 0) is 6.42 Å². The minimum atomic E-state index is -0.0401. The molecule has 0 spiro atoms. The first-order valence-corrected chi connectivity index (χ1v) is 11.0. The van der Waals surface area contributed by atoms with Gasteiger partial charge in [0.25, 0.3) is 5.91 Å². The van der Waals surface area contributed by atoms with Crippen molar-refractivity contribution in [1.29, 1.82) is 0 Å². The van der Waals surface area contributed by atoms with Crippen LogP contribution >= 0.6 is 0 Å². The Hall–Kier alpha value is -2.86. The molecule has 6 heteroatoms. The Labute approximate surface area is 177 Å². The molecule has 1 N–H and O–H groups in total. The summed E-state index contributed by atoms with van der Waals surface area (Å²) in [5, 5.41) is 3.02. The molecule has 1 saturated carbocycles. The molecule has 1 saturated heterocycles. The van der Waals surface area contributed by atoms with Crippen LogP contribution in [0.2, 0.25) is 0 Å². The van der Waals surface area contributed by atoms with Crippen LogP contribution in [-0.4, -0.2) is 59.5 Å². The standard InChI is InChI=1S/C24H29N5O/c30-24(26-12-10-21-3-1-2-11-25-21)20-6-7-22-8-9-23(29(22)18-20)28-15-13-27(14-16-28)17-19-4-5-19/h1-3,6-9,11,18-19H,4-5,10,12-17H2,(H,26,30). The first-order valence-electron chi connectivity index (χ1n) is 11.0. The number of hydrogen-bond donors (Lipinski definition) is 1. The van der Waals surface area contributed by atoms with Gasteiger partial charge in [-0.25, -0.2) is 0 Å². The highest BCUT2D eigenvalue weighted by Crippen LogP contribution is 2.30. The van der Waals surface area contributed by atoms with Gasteiger partial charge < -0.3 is 14.6 Å². The van der Waals surface area contributed by atoms with Crippen molar-refractivity contribution >= 4 is 17.2 Å². The number of anilines is 1. The van der Waals surface area contributed by atoms with Gasteiger partial charge >= 0.3 is 0 Å². The van der Waals surface area contributed by atoms with Crippen LogP contribution in [0.1, 0.15) is 28.9 Å². The molecular weight excluding hydrogens is 374 g/mol. The first kappa shape index (κ1) is 19.1. The van der Waals surface area contributed by atoms with Crippen LogP contribution in [0.3, 0.4) is 0 Å². The summed E-state index contributed by atoms with van der Waals surface area (Å²) in [5.41, 5.74) is 2.80. The van der Waals surface area contributed by atoms with Gasteiger partial charge in [0.1, 0.15) is 5.82 Å². The van der Waals surface area contributed by atoms with Crippen molar-refractivity contribution in [2.24, 2.45) is 5.92 Å². The molecule has 3 aromatic heterocycles. The molecule has 1 aliphatic carbocycles. The fraction of sp³-hybridized carbons (Fsp3) is 0.417. The minimum absolute atomic E-state index is 0.0401. The van der Waals surface area contributed by atoms with E-state index < -0.39 is 0 Å². The number of nitrogens with zero attached hydrogens (tertiary/aromatic N) is 4. The smallest absolute Gasteiger partial charge is 0.252 e. The molecule has 0 bridgehead atoms. The molecule has 2 fully saturated rings. The largest absolute Gasteiger partial charge is 0.355 e. The highest BCUT2D eigenvalue weighted by Gasteiger charge is 2.27. The van der Waals surface area contributed by atoms with Gasteiger partial charge in [-0.1, -0.05) is 6.07 Å². The Morgan fingerprint density at radius 3 is 2.63 bits per heavy atom. The normalized spacial score (nSPS) is 17.4. The summed E-state index contributed by atoms with van der Waals surface area (Å²) < 4.78 is 2.16. The zero-order valence-corrected chi connectivity index (χ0v) is 17.3. The summed E-state index contributed by atoms with van der Waals surface area (Å²) in [6.45, 7) is 6.18. The number of carbonyl (C=O) groups is 1. The maximum atomic E-state index is 12.7. The Morgan fingerprint density at radius 2 is 1.87 bits per heavy atom. The van der Waals surface area contributed by atoms with E-state index in [1.54, 1.807) is 6.20 Å². The second-order valence-electron chi connectivity index (χ2n) is 8.46. The summed E-state index contributed by atoms with van der Waals surface area (Å²) in [4.78, 5) is 22.0. The lowest BCUT2D eigenvalue weighted by Crippen LogP contribution is -2.47. The highest BCUT2D eigenvalue weighted by molar-refractivity contribution is 5.94. The SMILES string of the molecule is O=C(NCCc1ccccn1)c1ccc2ccc(N3CCN(CC4CC4)CC3)n2c1. The summed E-state index contributed by atoms with van der Waals surface area (Å²) in [6, 6.07) is 14.1. The van der Waals surface area contributed by atoms with Crippen molar-refractivity contribution in [2.45, 2.75) is 19.3 Å². The van der Waals surface area contributed by atoms with Gasteiger partial charge in [-0.15, -0.1) is 0 Å². The third-order valence-electron chi connectivity index (χ3n) is 6.19. The third-order valence-corrected chi connectivity index (χ3v) is 6.19. The number of rotatable bonds is 7. The molecular formula is C24H29N5O. The summed E-state index contributed by atoms with van der Waals surface area (Å²) in [7, 11) is 0. The van der Waals surface area contributed by atoms with Gasteiger partial charge in [-0.05, 0) is 55.2 Å². The van der Waals surface area contributed by atoms with Crippen LogP contribution in [0.25, 0.3) is 5.52 Å². The molecule has 156 valence electrons. The molecule has 4 heterocycles. The molecule has 0 radical (unpaired) electrons. The number of carbonyl (C=O) groups excluding carboxylic acids is 1. The van der Waals surface area contributed by atoms with E-state index in [-0.39, 0.29) is 5.91 Å². The topological polar surface area (TPSA) is 52.9 Å². The summed E-state index contributed by atoms with van der Waals surface area (Å²) in [5.74, 6) is 2.09. The number of hydrogen-bond acceptors (Lipinski definition) is 4. The third kappa shape index (κ3) is 4.33. The van der Waals surface area contributed by atoms with Crippen molar-refractivity contribution in [2.75, 3.05) is 44.2 Å². The molecule has 0 aromatic carbocycles. The number of amides is 1. The van der Waals surface area contributed by atoms with Gasteiger partial charge in [0.2, 0.25) is 0 Å². The van der Waals surface area contributed by atoms with Crippen molar-refractivity contribution < 1.29 is 4.79 Å². The summed E-state index contributed by atoms with van der Waals surface area (Å²) in [6.07, 6.45) is 7.31. The van der Waals surface area contributed by atoms with Crippen molar-refractivity contribution in [3.05, 3.63) is 66.1 Å². The van der Waals surface area contributed by atoms with E-state index in [0.717, 1.165) is 49.7 Å². The van der Waals surface area contributed by atoms with Gasteiger partial charge in [0.05, 0.1) is 5.56 Å². The molecule has 2 aliphatic rings. The van der Waals surface area contributed by atoms with Crippen molar-refractivity contribution in [1.82, 2.24) is 19.6 Å². The Morgan fingerprint density at radius 1 is 1.03 bits per heavy atom. The number of aromatic nitrogens is 2. The number of nitrogens with one attached hydrogen (secondary N) is 1. The predicted octanol–water partition coefficient (Wildman–Crippen LogP) is 2.84. The number of pyridine rings is 2. The molecule has 0 atom stereocenters. The van der Waals surface area contributed by atoms with Gasteiger partial charge in [0, 0.05) is 69.3 Å². The predicted molar refractivity (Wildman–Crippen MR) is 119 cm³/mol. The molecule has 1 aliphatic heterocycles. The van der Waals surface area contributed by atoms with E-state index in [9.17, 15) is 4.79 Å². The zero-order valence-electron chi connectivity index (χ0n) is 17.3. The van der Waals surface area contributed by atoms with Gasteiger partial charge in [-0.3, -0.25) is 14.7 Å². The average molecular weight is 404 g/mol. The fourth-order valence-corrected chi connectivity index (χ4v) is 4.26. The molecule has 0 unspecified atom stereocenters. The molecule has 6 nitrogen and oxygen atoms in total. The Balaban J connectivity index is 1.23. The van der Waals surface area contributed by atoms with E-state index in [1.807, 2.05) is 36.5 Å². The molecule has 30 heavy (non-hydrogen) atoms. The lowest BCUT2D eigenvalue weighted by atomic mass is 10.2. The van der Waals surface area contributed by atoms with Crippen LogP contribution in [0.5, 0.6) is 0 Å². The van der Waals surface area contributed by atoms with Crippen LogP contribution in [0.4, 0.5) is 5.82 Å². The number of piperazine rings is 1. The maximum absolute atomic E-state index is 12.7. The highest BCUT2D eigenvalue weighted by atomic mass is 16.1. The maximum Gasteiger partial charge on any atom is 0.252 e. The zero-order chi connectivity index (χ0) is 20.3. The van der Waals surface area contributed by atoms with Gasteiger partial charge in [-0.2, -0.15) is 0 Å². The van der Waals surface area contributed by atoms with E-state index in [1.165, 1.54) is 25.2 Å². The first-order chi connectivity index (χ1) is 14.8. The lowest BCUT2D eigenvalue weighted by molar-refractivity contribution is 0.0953.